The Hall–Kier alpha value is -1.99. The van der Waals surface area contributed by atoms with Crippen molar-refractivity contribution in [1.82, 2.24) is 19.7 Å². The summed E-state index contributed by atoms with van der Waals surface area (Å²) < 4.78 is 2.16. The molecule has 3 aromatic heterocycles. The lowest BCUT2D eigenvalue weighted by molar-refractivity contribution is 0.102. The minimum absolute atomic E-state index is 0.145. The highest BCUT2D eigenvalue weighted by atomic mass is 32.2. The average Bonchev–Trinajstić information content (AvgIpc) is 3.20. The van der Waals surface area contributed by atoms with Gasteiger partial charge in [0.25, 0.3) is 0 Å². The maximum Gasteiger partial charge on any atom is 0.192 e. The number of pyridine rings is 1. The van der Waals surface area contributed by atoms with E-state index in [1.54, 1.807) is 23.7 Å². The van der Waals surface area contributed by atoms with Crippen molar-refractivity contribution in [2.75, 3.05) is 5.75 Å². The van der Waals surface area contributed by atoms with Crippen molar-refractivity contribution in [3.8, 4) is 11.4 Å². The first kappa shape index (κ1) is 15.5. The van der Waals surface area contributed by atoms with Gasteiger partial charge >= 0.3 is 0 Å². The lowest BCUT2D eigenvalue weighted by Gasteiger charge is -2.08. The van der Waals surface area contributed by atoms with E-state index in [9.17, 15) is 4.79 Å². The van der Waals surface area contributed by atoms with Gasteiger partial charge in [0.15, 0.2) is 16.8 Å². The van der Waals surface area contributed by atoms with Gasteiger partial charge in [0.2, 0.25) is 0 Å². The fourth-order valence-electron chi connectivity index (χ4n) is 2.51. The summed E-state index contributed by atoms with van der Waals surface area (Å²) in [7, 11) is 0. The van der Waals surface area contributed by atoms with Gasteiger partial charge in [-0.25, -0.2) is 0 Å². The maximum atomic E-state index is 12.3. The Morgan fingerprint density at radius 1 is 1.33 bits per heavy atom. The third kappa shape index (κ3) is 3.14. The third-order valence-electron chi connectivity index (χ3n) is 3.84. The quantitative estimate of drug-likeness (QED) is 0.493. The summed E-state index contributed by atoms with van der Waals surface area (Å²) in [6.45, 7) is 2.01. The van der Waals surface area contributed by atoms with Crippen LogP contribution in [0.15, 0.2) is 41.8 Å². The standard InChI is InChI=1S/C17H16N4OS2/c1-11-4-7-15(24-11)14(22)10-23-17-20-19-16(21(17)13-5-6-13)12-3-2-8-18-9-12/h2-4,7-9,13H,5-6,10H2,1H3. The number of Topliss-reactive ketones (excluding diaryl/α,β-unsaturated/α-hetero) is 1. The van der Waals surface area contributed by atoms with E-state index in [-0.39, 0.29) is 5.78 Å². The van der Waals surface area contributed by atoms with Crippen molar-refractivity contribution in [2.45, 2.75) is 31.0 Å². The molecule has 0 amide bonds. The van der Waals surface area contributed by atoms with Crippen molar-refractivity contribution in [3.63, 3.8) is 0 Å². The predicted molar refractivity (Wildman–Crippen MR) is 95.6 cm³/mol. The van der Waals surface area contributed by atoms with Crippen molar-refractivity contribution >= 4 is 28.9 Å². The van der Waals surface area contributed by atoms with Crippen LogP contribution in [0, 0.1) is 6.92 Å². The van der Waals surface area contributed by atoms with E-state index in [0.29, 0.717) is 11.8 Å². The van der Waals surface area contributed by atoms with Crippen molar-refractivity contribution in [2.24, 2.45) is 0 Å². The van der Waals surface area contributed by atoms with Crippen LogP contribution in [0.3, 0.4) is 0 Å². The zero-order chi connectivity index (χ0) is 16.5. The van der Waals surface area contributed by atoms with Gasteiger partial charge in [-0.05, 0) is 44.0 Å². The number of hydrogen-bond donors (Lipinski definition) is 0. The number of aryl methyl sites for hydroxylation is 1. The van der Waals surface area contributed by atoms with Gasteiger partial charge in [0.05, 0.1) is 10.6 Å². The molecular formula is C17H16N4OS2. The summed E-state index contributed by atoms with van der Waals surface area (Å²) in [5, 5.41) is 9.49. The first-order valence-corrected chi connectivity index (χ1v) is 9.60. The zero-order valence-corrected chi connectivity index (χ0v) is 14.8. The molecule has 5 nitrogen and oxygen atoms in total. The lowest BCUT2D eigenvalue weighted by atomic mass is 10.3. The van der Waals surface area contributed by atoms with Crippen LogP contribution in [0.2, 0.25) is 0 Å². The largest absolute Gasteiger partial charge is 0.299 e. The molecule has 122 valence electrons. The summed E-state index contributed by atoms with van der Waals surface area (Å²) >= 11 is 3.01. The van der Waals surface area contributed by atoms with E-state index in [0.717, 1.165) is 39.1 Å². The normalized spacial score (nSPS) is 14.0. The molecule has 4 rings (SSSR count). The van der Waals surface area contributed by atoms with E-state index in [1.807, 2.05) is 31.2 Å². The number of thioether (sulfide) groups is 1. The number of nitrogens with zero attached hydrogens (tertiary/aromatic N) is 4. The summed E-state index contributed by atoms with van der Waals surface area (Å²) in [6.07, 6.45) is 5.82. The van der Waals surface area contributed by atoms with E-state index in [2.05, 4.69) is 19.7 Å². The first-order chi connectivity index (χ1) is 11.7. The van der Waals surface area contributed by atoms with E-state index in [4.69, 9.17) is 0 Å². The molecule has 0 aliphatic heterocycles. The highest BCUT2D eigenvalue weighted by Gasteiger charge is 2.30. The van der Waals surface area contributed by atoms with Crippen LogP contribution >= 0.6 is 23.1 Å². The molecule has 0 N–H and O–H groups in total. The molecule has 0 unspecified atom stereocenters. The van der Waals surface area contributed by atoms with Crippen molar-refractivity contribution < 1.29 is 4.79 Å². The Morgan fingerprint density at radius 2 is 2.21 bits per heavy atom. The molecule has 0 radical (unpaired) electrons. The fourth-order valence-corrected chi connectivity index (χ4v) is 4.30. The Morgan fingerprint density at radius 3 is 2.88 bits per heavy atom. The topological polar surface area (TPSA) is 60.7 Å². The zero-order valence-electron chi connectivity index (χ0n) is 13.2. The molecular weight excluding hydrogens is 340 g/mol. The molecule has 3 heterocycles. The maximum absolute atomic E-state index is 12.3. The number of aromatic nitrogens is 4. The molecule has 1 fully saturated rings. The van der Waals surface area contributed by atoms with Gasteiger partial charge < -0.3 is 0 Å². The molecule has 3 aromatic rings. The molecule has 1 aliphatic rings. The van der Waals surface area contributed by atoms with Crippen LogP contribution < -0.4 is 0 Å². The summed E-state index contributed by atoms with van der Waals surface area (Å²) in [5.74, 6) is 1.37. The Balaban J connectivity index is 1.55. The molecule has 0 spiro atoms. The number of thiophene rings is 1. The molecule has 0 bridgehead atoms. The molecule has 0 atom stereocenters. The Bertz CT molecular complexity index is 868. The highest BCUT2D eigenvalue weighted by molar-refractivity contribution is 7.99. The second-order valence-corrected chi connectivity index (χ2v) is 8.00. The molecule has 0 saturated heterocycles. The van der Waals surface area contributed by atoms with E-state index >= 15 is 0 Å². The minimum atomic E-state index is 0.145. The second-order valence-electron chi connectivity index (χ2n) is 5.77. The summed E-state index contributed by atoms with van der Waals surface area (Å²) in [5.41, 5.74) is 0.962. The van der Waals surface area contributed by atoms with Crippen LogP contribution in [0.25, 0.3) is 11.4 Å². The number of carbonyl (C=O) groups is 1. The fraction of sp³-hybridized carbons (Fsp3) is 0.294. The average molecular weight is 356 g/mol. The van der Waals surface area contributed by atoms with Gasteiger partial charge in [-0.2, -0.15) is 0 Å². The van der Waals surface area contributed by atoms with Crippen LogP contribution in [0.4, 0.5) is 0 Å². The van der Waals surface area contributed by atoms with Gasteiger partial charge in [-0.1, -0.05) is 11.8 Å². The van der Waals surface area contributed by atoms with Crippen LogP contribution in [-0.4, -0.2) is 31.3 Å². The molecule has 1 saturated carbocycles. The van der Waals surface area contributed by atoms with Crippen molar-refractivity contribution in [1.29, 1.82) is 0 Å². The second kappa shape index (κ2) is 6.49. The van der Waals surface area contributed by atoms with Gasteiger partial charge in [-0.3, -0.25) is 14.3 Å². The SMILES string of the molecule is Cc1ccc(C(=O)CSc2nnc(-c3cccnc3)n2C2CC2)s1. The van der Waals surface area contributed by atoms with Gasteiger partial charge in [0.1, 0.15) is 0 Å². The summed E-state index contributed by atoms with van der Waals surface area (Å²) in [6, 6.07) is 8.21. The van der Waals surface area contributed by atoms with Crippen LogP contribution in [-0.2, 0) is 0 Å². The first-order valence-electron chi connectivity index (χ1n) is 7.80. The van der Waals surface area contributed by atoms with Crippen LogP contribution in [0.5, 0.6) is 0 Å². The molecule has 0 aromatic carbocycles. The highest BCUT2D eigenvalue weighted by Crippen LogP contribution is 2.41. The number of carbonyl (C=O) groups excluding carboxylic acids is 1. The smallest absolute Gasteiger partial charge is 0.192 e. The van der Waals surface area contributed by atoms with Crippen LogP contribution in [0.1, 0.15) is 33.4 Å². The van der Waals surface area contributed by atoms with Gasteiger partial charge in [-0.15, -0.1) is 21.5 Å². The summed E-state index contributed by atoms with van der Waals surface area (Å²) in [4.78, 5) is 18.5. The monoisotopic (exact) mass is 356 g/mol. The molecule has 1 aliphatic carbocycles. The molecule has 7 heteroatoms. The lowest BCUT2D eigenvalue weighted by Crippen LogP contribution is -2.04. The Labute approximate surface area is 148 Å². The number of ketones is 1. The Kier molecular flexibility index (Phi) is 4.20. The van der Waals surface area contributed by atoms with Crippen molar-refractivity contribution in [3.05, 3.63) is 46.4 Å². The van der Waals surface area contributed by atoms with E-state index < -0.39 is 0 Å². The van der Waals surface area contributed by atoms with Gasteiger partial charge in [0, 0.05) is 28.9 Å². The number of hydrogen-bond acceptors (Lipinski definition) is 6. The number of rotatable bonds is 6. The third-order valence-corrected chi connectivity index (χ3v) is 5.83. The minimum Gasteiger partial charge on any atom is -0.299 e. The predicted octanol–water partition coefficient (Wildman–Crippen LogP) is 4.02. The molecule has 24 heavy (non-hydrogen) atoms. The van der Waals surface area contributed by atoms with E-state index in [1.165, 1.54) is 11.8 Å².